The smallest absolute Gasteiger partial charge is 0.234 e. The van der Waals surface area contributed by atoms with Gasteiger partial charge in [0.25, 0.3) is 0 Å². The van der Waals surface area contributed by atoms with Gasteiger partial charge in [0.05, 0.1) is 6.54 Å². The van der Waals surface area contributed by atoms with Gasteiger partial charge in [-0.2, -0.15) is 0 Å². The van der Waals surface area contributed by atoms with Crippen molar-refractivity contribution in [3.8, 4) is 0 Å². The topological polar surface area (TPSA) is 58.4 Å². The number of rotatable bonds is 2. The normalized spacial score (nSPS) is 21.0. The zero-order valence-corrected chi connectivity index (χ0v) is 8.47. The first kappa shape index (κ1) is 10.5. The van der Waals surface area contributed by atoms with Gasteiger partial charge in [-0.1, -0.05) is 0 Å². The molecule has 0 aliphatic carbocycles. The number of nitrogens with one attached hydrogen (secondary N) is 1. The van der Waals surface area contributed by atoms with E-state index in [4.69, 9.17) is 5.73 Å². The summed E-state index contributed by atoms with van der Waals surface area (Å²) in [7, 11) is 0. The molecule has 3 N–H and O–H groups in total. The average Bonchev–Trinajstić information content (AvgIpc) is 2.10. The lowest BCUT2D eigenvalue weighted by atomic mass is 10.1. The van der Waals surface area contributed by atoms with Gasteiger partial charge in [0, 0.05) is 25.2 Å². The Balaban J connectivity index is 2.44. The van der Waals surface area contributed by atoms with E-state index in [1.54, 1.807) is 0 Å². The standard InChI is InChI=1S/C9H19N3O/c1-9(2,10)7-12-5-3-4-11-8(13)6-12/h3-7,10H2,1-2H3,(H,11,13). The van der Waals surface area contributed by atoms with Crippen molar-refractivity contribution < 1.29 is 4.79 Å². The fraction of sp³-hybridized carbons (Fsp3) is 0.889. The lowest BCUT2D eigenvalue weighted by Gasteiger charge is -2.27. The SMILES string of the molecule is CC(C)(N)CN1CCCNC(=O)C1. The molecule has 1 aliphatic heterocycles. The molecule has 4 nitrogen and oxygen atoms in total. The van der Waals surface area contributed by atoms with E-state index in [2.05, 4.69) is 10.2 Å². The minimum absolute atomic E-state index is 0.113. The lowest BCUT2D eigenvalue weighted by molar-refractivity contribution is -0.121. The van der Waals surface area contributed by atoms with Crippen LogP contribution in [0.25, 0.3) is 0 Å². The van der Waals surface area contributed by atoms with Crippen molar-refractivity contribution in [2.45, 2.75) is 25.8 Å². The summed E-state index contributed by atoms with van der Waals surface area (Å²) in [6.07, 6.45) is 1.02. The van der Waals surface area contributed by atoms with Gasteiger partial charge in [-0.05, 0) is 20.3 Å². The summed E-state index contributed by atoms with van der Waals surface area (Å²) in [5.74, 6) is 0.113. The molecule has 1 heterocycles. The molecule has 1 saturated heterocycles. The van der Waals surface area contributed by atoms with Gasteiger partial charge in [-0.15, -0.1) is 0 Å². The largest absolute Gasteiger partial charge is 0.355 e. The molecule has 1 fully saturated rings. The third-order valence-electron chi connectivity index (χ3n) is 1.97. The first-order valence-corrected chi connectivity index (χ1v) is 4.75. The summed E-state index contributed by atoms with van der Waals surface area (Å²) in [5, 5.41) is 2.84. The maximum absolute atomic E-state index is 11.2. The molecular weight excluding hydrogens is 166 g/mol. The molecule has 0 atom stereocenters. The molecule has 0 aromatic rings. The van der Waals surface area contributed by atoms with Crippen LogP contribution < -0.4 is 11.1 Å². The highest BCUT2D eigenvalue weighted by atomic mass is 16.2. The molecule has 1 aliphatic rings. The zero-order valence-electron chi connectivity index (χ0n) is 8.47. The van der Waals surface area contributed by atoms with Gasteiger partial charge < -0.3 is 11.1 Å². The van der Waals surface area contributed by atoms with Crippen LogP contribution in [-0.2, 0) is 4.79 Å². The van der Waals surface area contributed by atoms with Crippen LogP contribution in [0.5, 0.6) is 0 Å². The molecule has 0 aromatic heterocycles. The molecule has 0 saturated carbocycles. The zero-order chi connectivity index (χ0) is 9.90. The lowest BCUT2D eigenvalue weighted by Crippen LogP contribution is -2.47. The van der Waals surface area contributed by atoms with Gasteiger partial charge in [0.15, 0.2) is 0 Å². The van der Waals surface area contributed by atoms with E-state index in [0.29, 0.717) is 6.54 Å². The highest BCUT2D eigenvalue weighted by Crippen LogP contribution is 2.03. The van der Waals surface area contributed by atoms with Crippen LogP contribution in [0, 0.1) is 0 Å². The van der Waals surface area contributed by atoms with E-state index in [-0.39, 0.29) is 11.4 Å². The van der Waals surface area contributed by atoms with Crippen LogP contribution in [0.3, 0.4) is 0 Å². The summed E-state index contributed by atoms with van der Waals surface area (Å²) < 4.78 is 0. The number of carbonyl (C=O) groups is 1. The Labute approximate surface area is 79.5 Å². The highest BCUT2D eigenvalue weighted by Gasteiger charge is 2.20. The second-order valence-corrected chi connectivity index (χ2v) is 4.40. The van der Waals surface area contributed by atoms with Gasteiger partial charge >= 0.3 is 0 Å². The maximum atomic E-state index is 11.2. The molecule has 0 unspecified atom stereocenters. The Morgan fingerprint density at radius 2 is 2.31 bits per heavy atom. The fourth-order valence-corrected chi connectivity index (χ4v) is 1.58. The van der Waals surface area contributed by atoms with Crippen molar-refractivity contribution in [2.75, 3.05) is 26.2 Å². The maximum Gasteiger partial charge on any atom is 0.234 e. The fourth-order valence-electron chi connectivity index (χ4n) is 1.58. The molecule has 0 bridgehead atoms. The van der Waals surface area contributed by atoms with E-state index in [1.807, 2.05) is 13.8 Å². The van der Waals surface area contributed by atoms with Crippen molar-refractivity contribution in [1.29, 1.82) is 0 Å². The van der Waals surface area contributed by atoms with Crippen molar-refractivity contribution in [2.24, 2.45) is 5.73 Å². The third-order valence-corrected chi connectivity index (χ3v) is 1.97. The Morgan fingerprint density at radius 1 is 1.62 bits per heavy atom. The van der Waals surface area contributed by atoms with Crippen LogP contribution in [0.1, 0.15) is 20.3 Å². The summed E-state index contributed by atoms with van der Waals surface area (Å²) in [4.78, 5) is 13.3. The molecule has 1 amide bonds. The first-order valence-electron chi connectivity index (χ1n) is 4.75. The van der Waals surface area contributed by atoms with Gasteiger partial charge in [0.1, 0.15) is 0 Å². The molecule has 4 heteroatoms. The van der Waals surface area contributed by atoms with E-state index >= 15 is 0 Å². The predicted octanol–water partition coefficient (Wildman–Crippen LogP) is -0.454. The molecule has 1 rings (SSSR count). The van der Waals surface area contributed by atoms with Gasteiger partial charge in [-0.3, -0.25) is 9.69 Å². The Kier molecular flexibility index (Phi) is 3.27. The summed E-state index contributed by atoms with van der Waals surface area (Å²) >= 11 is 0. The van der Waals surface area contributed by atoms with Crippen molar-refractivity contribution >= 4 is 5.91 Å². The van der Waals surface area contributed by atoms with Crippen molar-refractivity contribution in [3.05, 3.63) is 0 Å². The van der Waals surface area contributed by atoms with Crippen molar-refractivity contribution in [3.63, 3.8) is 0 Å². The molecular formula is C9H19N3O. The van der Waals surface area contributed by atoms with Crippen LogP contribution in [0.4, 0.5) is 0 Å². The number of amides is 1. The highest BCUT2D eigenvalue weighted by molar-refractivity contribution is 5.78. The van der Waals surface area contributed by atoms with Crippen LogP contribution in [0.15, 0.2) is 0 Å². The summed E-state index contributed by atoms with van der Waals surface area (Å²) in [5.41, 5.74) is 5.67. The molecule has 0 spiro atoms. The van der Waals surface area contributed by atoms with Crippen molar-refractivity contribution in [1.82, 2.24) is 10.2 Å². The van der Waals surface area contributed by atoms with Crippen LogP contribution in [0.2, 0.25) is 0 Å². The second-order valence-electron chi connectivity index (χ2n) is 4.40. The summed E-state index contributed by atoms with van der Waals surface area (Å²) in [6, 6.07) is 0. The third kappa shape index (κ3) is 4.24. The first-order chi connectivity index (χ1) is 5.97. The monoisotopic (exact) mass is 185 g/mol. The van der Waals surface area contributed by atoms with E-state index in [0.717, 1.165) is 26.1 Å². The second kappa shape index (κ2) is 4.07. The van der Waals surface area contributed by atoms with Crippen LogP contribution in [-0.4, -0.2) is 42.5 Å². The number of hydrogen-bond acceptors (Lipinski definition) is 3. The molecule has 13 heavy (non-hydrogen) atoms. The van der Waals surface area contributed by atoms with E-state index < -0.39 is 0 Å². The van der Waals surface area contributed by atoms with Crippen LogP contribution >= 0.6 is 0 Å². The summed E-state index contributed by atoms with van der Waals surface area (Å²) in [6.45, 7) is 6.98. The molecule has 76 valence electrons. The minimum atomic E-state index is -0.218. The van der Waals surface area contributed by atoms with Gasteiger partial charge in [0.2, 0.25) is 5.91 Å². The average molecular weight is 185 g/mol. The van der Waals surface area contributed by atoms with E-state index in [9.17, 15) is 4.79 Å². The van der Waals surface area contributed by atoms with E-state index in [1.165, 1.54) is 0 Å². The minimum Gasteiger partial charge on any atom is -0.355 e. The number of nitrogens with two attached hydrogens (primary N) is 1. The predicted molar refractivity (Wildman–Crippen MR) is 52.3 cm³/mol. The van der Waals surface area contributed by atoms with Gasteiger partial charge in [-0.25, -0.2) is 0 Å². The Morgan fingerprint density at radius 3 is 2.92 bits per heavy atom. The quantitative estimate of drug-likeness (QED) is 0.612. The Bertz CT molecular complexity index is 186. The number of nitrogens with zero attached hydrogens (tertiary/aromatic N) is 1. The number of hydrogen-bond donors (Lipinski definition) is 2. The Hall–Kier alpha value is -0.610. The number of carbonyl (C=O) groups excluding carboxylic acids is 1. The molecule has 0 aromatic carbocycles. The molecule has 0 radical (unpaired) electrons.